The predicted molar refractivity (Wildman–Crippen MR) is 61.2 cm³/mol. The fraction of sp³-hybridized carbons (Fsp3) is 0.385. The molecule has 0 spiro atoms. The average molecular weight is 190 g/mol. The molecule has 0 heterocycles. The lowest BCUT2D eigenvalue weighted by Gasteiger charge is -1.95. The largest absolute Gasteiger partial charge is 0.385 e. The molecule has 1 heteroatoms. The maximum Gasteiger partial charge on any atom is 0.0462 e. The van der Waals surface area contributed by atoms with Crippen molar-refractivity contribution in [1.82, 2.24) is 0 Å². The summed E-state index contributed by atoms with van der Waals surface area (Å²) >= 11 is 0. The van der Waals surface area contributed by atoms with E-state index < -0.39 is 0 Å². The molecule has 0 aliphatic carbocycles. The van der Waals surface area contributed by atoms with E-state index in [2.05, 4.69) is 36.4 Å². The second kappa shape index (κ2) is 7.34. The Labute approximate surface area is 86.4 Å². The first-order valence-corrected chi connectivity index (χ1v) is 5.14. The summed E-state index contributed by atoms with van der Waals surface area (Å²) in [5.41, 5.74) is 1.28. The second-order valence-electron chi connectivity index (χ2n) is 3.30. The molecule has 0 N–H and O–H groups in total. The molecule has 1 nitrogen and oxygen atoms in total. The van der Waals surface area contributed by atoms with Crippen molar-refractivity contribution in [3.05, 3.63) is 42.0 Å². The van der Waals surface area contributed by atoms with E-state index in [0.29, 0.717) is 0 Å². The molecule has 1 rings (SSSR count). The molecule has 1 aromatic carbocycles. The zero-order valence-corrected chi connectivity index (χ0v) is 8.78. The van der Waals surface area contributed by atoms with Crippen molar-refractivity contribution in [2.75, 3.05) is 13.7 Å². The van der Waals surface area contributed by atoms with Crippen LogP contribution in [0.1, 0.15) is 24.8 Å². The summed E-state index contributed by atoms with van der Waals surface area (Å²) in [6, 6.07) is 10.4. The molecule has 0 bridgehead atoms. The molecule has 0 aliphatic rings. The van der Waals surface area contributed by atoms with Gasteiger partial charge in [-0.3, -0.25) is 0 Å². The summed E-state index contributed by atoms with van der Waals surface area (Å²) < 4.78 is 4.98. The van der Waals surface area contributed by atoms with Gasteiger partial charge in [0.05, 0.1) is 0 Å². The van der Waals surface area contributed by atoms with Gasteiger partial charge in [0.1, 0.15) is 0 Å². The van der Waals surface area contributed by atoms with E-state index in [0.717, 1.165) is 19.4 Å². The standard InChI is InChI=1S/C13H18O/c1-14-12-8-3-2-5-9-13-10-6-4-7-11-13/h4-7,9-11H,2-3,8,12H2,1H3. The number of allylic oxidation sites excluding steroid dienone is 1. The van der Waals surface area contributed by atoms with Gasteiger partial charge in [0.15, 0.2) is 0 Å². The van der Waals surface area contributed by atoms with Crippen LogP contribution in [0.3, 0.4) is 0 Å². The highest BCUT2D eigenvalue weighted by atomic mass is 16.5. The van der Waals surface area contributed by atoms with Crippen LogP contribution < -0.4 is 0 Å². The Morgan fingerprint density at radius 1 is 1.14 bits per heavy atom. The van der Waals surface area contributed by atoms with Crippen LogP contribution in [0.5, 0.6) is 0 Å². The lowest BCUT2D eigenvalue weighted by atomic mass is 10.2. The average Bonchev–Trinajstić information content (AvgIpc) is 2.25. The van der Waals surface area contributed by atoms with Gasteiger partial charge in [0, 0.05) is 13.7 Å². The Bertz CT molecular complexity index is 251. The zero-order valence-electron chi connectivity index (χ0n) is 8.78. The molecule has 0 radical (unpaired) electrons. The molecule has 0 saturated heterocycles. The van der Waals surface area contributed by atoms with Crippen molar-refractivity contribution < 1.29 is 4.74 Å². The van der Waals surface area contributed by atoms with Crippen LogP contribution >= 0.6 is 0 Å². The normalized spacial score (nSPS) is 10.9. The third kappa shape index (κ3) is 4.83. The van der Waals surface area contributed by atoms with Gasteiger partial charge >= 0.3 is 0 Å². The predicted octanol–water partition coefficient (Wildman–Crippen LogP) is 3.52. The summed E-state index contributed by atoms with van der Waals surface area (Å²) in [6.45, 7) is 0.874. The highest BCUT2D eigenvalue weighted by Crippen LogP contribution is 2.04. The van der Waals surface area contributed by atoms with Crippen molar-refractivity contribution in [2.24, 2.45) is 0 Å². The molecular formula is C13H18O. The molecule has 0 atom stereocenters. The van der Waals surface area contributed by atoms with Gasteiger partial charge < -0.3 is 4.74 Å². The van der Waals surface area contributed by atoms with Crippen LogP contribution in [0.2, 0.25) is 0 Å². The van der Waals surface area contributed by atoms with Crippen molar-refractivity contribution in [2.45, 2.75) is 19.3 Å². The van der Waals surface area contributed by atoms with Gasteiger partial charge in [-0.15, -0.1) is 0 Å². The van der Waals surface area contributed by atoms with Crippen molar-refractivity contribution in [3.8, 4) is 0 Å². The quantitative estimate of drug-likeness (QED) is 0.624. The summed E-state index contributed by atoms with van der Waals surface area (Å²) in [7, 11) is 1.75. The summed E-state index contributed by atoms with van der Waals surface area (Å²) in [4.78, 5) is 0. The highest BCUT2D eigenvalue weighted by molar-refractivity contribution is 5.48. The molecular weight excluding hydrogens is 172 g/mol. The first-order valence-electron chi connectivity index (χ1n) is 5.14. The summed E-state index contributed by atoms with van der Waals surface area (Å²) in [5, 5.41) is 0. The minimum atomic E-state index is 0.874. The monoisotopic (exact) mass is 190 g/mol. The van der Waals surface area contributed by atoms with Crippen LogP contribution in [-0.4, -0.2) is 13.7 Å². The van der Waals surface area contributed by atoms with Crippen LogP contribution in [0.4, 0.5) is 0 Å². The van der Waals surface area contributed by atoms with Crippen LogP contribution in [0.15, 0.2) is 36.4 Å². The molecule has 0 fully saturated rings. The second-order valence-corrected chi connectivity index (χ2v) is 3.30. The van der Waals surface area contributed by atoms with Gasteiger partial charge in [0.25, 0.3) is 0 Å². The minimum Gasteiger partial charge on any atom is -0.385 e. The van der Waals surface area contributed by atoms with Crippen molar-refractivity contribution in [1.29, 1.82) is 0 Å². The van der Waals surface area contributed by atoms with E-state index in [1.807, 2.05) is 6.07 Å². The third-order valence-corrected chi connectivity index (χ3v) is 2.08. The van der Waals surface area contributed by atoms with Gasteiger partial charge in [-0.25, -0.2) is 0 Å². The third-order valence-electron chi connectivity index (χ3n) is 2.08. The van der Waals surface area contributed by atoms with E-state index in [9.17, 15) is 0 Å². The van der Waals surface area contributed by atoms with E-state index in [-0.39, 0.29) is 0 Å². The fourth-order valence-corrected chi connectivity index (χ4v) is 1.29. The number of benzene rings is 1. The molecule has 0 aliphatic heterocycles. The van der Waals surface area contributed by atoms with Gasteiger partial charge in [0.2, 0.25) is 0 Å². The van der Waals surface area contributed by atoms with E-state index in [1.165, 1.54) is 12.0 Å². The number of hydrogen-bond acceptors (Lipinski definition) is 1. The van der Waals surface area contributed by atoms with Gasteiger partial charge in [-0.1, -0.05) is 42.5 Å². The Hall–Kier alpha value is -1.08. The minimum absolute atomic E-state index is 0.874. The molecule has 14 heavy (non-hydrogen) atoms. The molecule has 0 aromatic heterocycles. The Kier molecular flexibility index (Phi) is 5.76. The number of hydrogen-bond donors (Lipinski definition) is 0. The van der Waals surface area contributed by atoms with Crippen LogP contribution in [0, 0.1) is 0 Å². The van der Waals surface area contributed by atoms with E-state index >= 15 is 0 Å². The molecule has 0 unspecified atom stereocenters. The number of methoxy groups -OCH3 is 1. The number of ether oxygens (including phenoxy) is 1. The molecule has 0 amide bonds. The SMILES string of the molecule is COCCCCC=Cc1ccccc1. The first-order chi connectivity index (χ1) is 6.93. The highest BCUT2D eigenvalue weighted by Gasteiger charge is 1.85. The topological polar surface area (TPSA) is 9.23 Å². The number of rotatable bonds is 6. The lowest BCUT2D eigenvalue weighted by Crippen LogP contribution is -1.86. The van der Waals surface area contributed by atoms with Crippen molar-refractivity contribution >= 4 is 6.08 Å². The summed E-state index contributed by atoms with van der Waals surface area (Å²) in [6.07, 6.45) is 7.89. The molecule has 0 saturated carbocycles. The Morgan fingerprint density at radius 3 is 2.64 bits per heavy atom. The number of unbranched alkanes of at least 4 members (excludes halogenated alkanes) is 2. The fourth-order valence-electron chi connectivity index (χ4n) is 1.29. The zero-order chi connectivity index (χ0) is 10.1. The van der Waals surface area contributed by atoms with Gasteiger partial charge in [-0.05, 0) is 24.8 Å². The maximum atomic E-state index is 4.98. The Balaban J connectivity index is 2.15. The maximum absolute atomic E-state index is 4.98. The first kappa shape index (κ1) is 11.0. The molecule has 76 valence electrons. The van der Waals surface area contributed by atoms with E-state index in [1.54, 1.807) is 7.11 Å². The van der Waals surface area contributed by atoms with E-state index in [4.69, 9.17) is 4.74 Å². The smallest absolute Gasteiger partial charge is 0.0462 e. The molecule has 1 aromatic rings. The van der Waals surface area contributed by atoms with Crippen molar-refractivity contribution in [3.63, 3.8) is 0 Å². The lowest BCUT2D eigenvalue weighted by molar-refractivity contribution is 0.193. The van der Waals surface area contributed by atoms with Crippen LogP contribution in [0.25, 0.3) is 6.08 Å². The Morgan fingerprint density at radius 2 is 1.93 bits per heavy atom. The van der Waals surface area contributed by atoms with Crippen LogP contribution in [-0.2, 0) is 4.74 Å². The van der Waals surface area contributed by atoms with Gasteiger partial charge in [-0.2, -0.15) is 0 Å². The summed E-state index contributed by atoms with van der Waals surface area (Å²) in [5.74, 6) is 0.